The molecular weight excluding hydrogens is 430 g/mol. The first-order valence-electron chi connectivity index (χ1n) is 11.8. The molecule has 3 aliphatic carbocycles. The molecule has 1 aromatic rings. The summed E-state index contributed by atoms with van der Waals surface area (Å²) in [5.74, 6) is 4.18. The van der Waals surface area contributed by atoms with Crippen LogP contribution in [0.5, 0.6) is 5.75 Å². The molecule has 0 amide bonds. The fourth-order valence-corrected chi connectivity index (χ4v) is 5.85. The maximum absolute atomic E-state index is 12.7. The topological polar surface area (TPSA) is 26.3 Å². The Hall–Kier alpha value is 0.495. The van der Waals surface area contributed by atoms with Crippen LogP contribution in [-0.4, -0.2) is 5.97 Å². The summed E-state index contributed by atoms with van der Waals surface area (Å²) in [6.07, 6.45) is 17.5. The van der Waals surface area contributed by atoms with Gasteiger partial charge in [-0.1, -0.05) is 44.7 Å². The van der Waals surface area contributed by atoms with Crippen molar-refractivity contribution in [2.45, 2.75) is 89.9 Å². The summed E-state index contributed by atoms with van der Waals surface area (Å²) in [4.78, 5) is 12.7. The van der Waals surface area contributed by atoms with Crippen LogP contribution in [0.1, 0.15) is 95.5 Å². The van der Waals surface area contributed by atoms with E-state index in [2.05, 4.69) is 25.5 Å². The molecule has 0 aromatic heterocycles. The van der Waals surface area contributed by atoms with Crippen LogP contribution in [0.3, 0.4) is 0 Å². The zero-order valence-electron chi connectivity index (χ0n) is 18.6. The van der Waals surface area contributed by atoms with E-state index < -0.39 is 0 Å². The van der Waals surface area contributed by atoms with Crippen molar-refractivity contribution in [3.63, 3.8) is 0 Å². The van der Waals surface area contributed by atoms with Gasteiger partial charge in [-0.2, -0.15) is 12.8 Å². The molecular formula is C26H37O2Rb. The maximum atomic E-state index is 12.7. The van der Waals surface area contributed by atoms with Gasteiger partial charge in [-0.25, -0.2) is 0 Å². The summed E-state index contributed by atoms with van der Waals surface area (Å²) in [6.45, 7) is 2.39. The van der Waals surface area contributed by atoms with Gasteiger partial charge < -0.3 is 11.2 Å². The van der Waals surface area contributed by atoms with Crippen LogP contribution < -0.4 is 62.9 Å². The monoisotopic (exact) mass is 466 g/mol. The summed E-state index contributed by atoms with van der Waals surface area (Å²) in [5.41, 5.74) is 1.40. The summed E-state index contributed by atoms with van der Waals surface area (Å²) in [6, 6.07) is 8.33. The van der Waals surface area contributed by atoms with Gasteiger partial charge in [0.05, 0.1) is 5.92 Å². The molecule has 3 aliphatic rings. The number of benzene rings is 1. The summed E-state index contributed by atoms with van der Waals surface area (Å²) in [7, 11) is 0. The number of carbonyl (C=O) groups excluding carboxylic acids is 1. The summed E-state index contributed by atoms with van der Waals surface area (Å²) < 4.78 is 5.75. The minimum absolute atomic E-state index is 0. The quantitative estimate of drug-likeness (QED) is 0.379. The minimum Gasteiger partial charge on any atom is -0.426 e. The largest absolute Gasteiger partial charge is 1.00 e. The van der Waals surface area contributed by atoms with E-state index in [0.717, 1.165) is 36.3 Å². The van der Waals surface area contributed by atoms with Crippen LogP contribution in [-0.2, 0) is 4.79 Å². The Morgan fingerprint density at radius 2 is 1.38 bits per heavy atom. The third kappa shape index (κ3) is 6.74. The Morgan fingerprint density at radius 1 is 0.828 bits per heavy atom. The van der Waals surface area contributed by atoms with Crippen LogP contribution in [0, 0.1) is 30.1 Å². The third-order valence-electron chi connectivity index (χ3n) is 7.84. The van der Waals surface area contributed by atoms with Crippen LogP contribution in [0.4, 0.5) is 0 Å². The molecule has 29 heavy (non-hydrogen) atoms. The maximum Gasteiger partial charge on any atom is 1.00 e. The van der Waals surface area contributed by atoms with Gasteiger partial charge in [-0.05, 0) is 79.9 Å². The molecule has 0 N–H and O–H groups in total. The van der Waals surface area contributed by atoms with Crippen molar-refractivity contribution < 1.29 is 67.7 Å². The number of rotatable bonds is 4. The standard InChI is InChI=1S/C26H37O2.Rb/c1-19-7-9-21(10-8-19)22-11-13-24(14-12-22)26(27)28-25-17-15-23(16-18-25)20-5-3-2-4-6-20;/h2,15-22,24H,3-14H2,1H3;/q-1;+1. The van der Waals surface area contributed by atoms with Gasteiger partial charge in [0, 0.05) is 0 Å². The molecule has 0 aliphatic heterocycles. The number of carbonyl (C=O) groups is 1. The molecule has 0 saturated heterocycles. The fraction of sp³-hybridized carbons (Fsp3) is 0.692. The number of esters is 1. The average Bonchev–Trinajstić information content (AvgIpc) is 2.75. The van der Waals surface area contributed by atoms with Crippen molar-refractivity contribution in [2.75, 3.05) is 0 Å². The van der Waals surface area contributed by atoms with Crippen LogP contribution in [0.2, 0.25) is 0 Å². The molecule has 0 heterocycles. The molecule has 1 aromatic carbocycles. The van der Waals surface area contributed by atoms with Gasteiger partial charge in [0.25, 0.3) is 0 Å². The molecule has 154 valence electrons. The average molecular weight is 467 g/mol. The molecule has 2 nitrogen and oxygen atoms in total. The SMILES string of the molecule is CC1CCC(C2CCC(C(=O)Oc3ccc(C4CC[CH-]CC4)cc3)CC2)CC1.[Rb+]. The number of hydrogen-bond donors (Lipinski definition) is 0. The second-order valence-electron chi connectivity index (χ2n) is 9.76. The van der Waals surface area contributed by atoms with Crippen molar-refractivity contribution in [1.82, 2.24) is 0 Å². The molecule has 0 atom stereocenters. The number of hydrogen-bond acceptors (Lipinski definition) is 2. The van der Waals surface area contributed by atoms with Crippen molar-refractivity contribution >= 4 is 5.97 Å². The first-order valence-corrected chi connectivity index (χ1v) is 11.8. The zero-order chi connectivity index (χ0) is 19.3. The number of ether oxygens (including phenoxy) is 1. The van der Waals surface area contributed by atoms with Gasteiger partial charge >= 0.3 is 64.2 Å². The minimum atomic E-state index is -0.00395. The third-order valence-corrected chi connectivity index (χ3v) is 7.84. The molecule has 3 saturated carbocycles. The first kappa shape index (κ1) is 24.1. The van der Waals surface area contributed by atoms with Crippen LogP contribution in [0.25, 0.3) is 0 Å². The second kappa shape index (κ2) is 11.9. The van der Waals surface area contributed by atoms with E-state index in [1.807, 2.05) is 12.1 Å². The van der Waals surface area contributed by atoms with E-state index in [9.17, 15) is 4.79 Å². The molecule has 0 bridgehead atoms. The molecule has 0 radical (unpaired) electrons. The van der Waals surface area contributed by atoms with Gasteiger partial charge in [-0.15, -0.1) is 0 Å². The molecule has 4 rings (SSSR count). The van der Waals surface area contributed by atoms with E-state index in [4.69, 9.17) is 4.74 Å². The predicted molar refractivity (Wildman–Crippen MR) is 114 cm³/mol. The van der Waals surface area contributed by atoms with Crippen molar-refractivity contribution in [3.05, 3.63) is 36.2 Å². The van der Waals surface area contributed by atoms with Gasteiger partial charge in [-0.3, -0.25) is 4.79 Å². The van der Waals surface area contributed by atoms with E-state index in [0.29, 0.717) is 5.92 Å². The summed E-state index contributed by atoms with van der Waals surface area (Å²) >= 11 is 0. The Balaban J connectivity index is 0.00000240. The molecule has 0 spiro atoms. The van der Waals surface area contributed by atoms with Crippen molar-refractivity contribution in [2.24, 2.45) is 23.7 Å². The normalized spacial score (nSPS) is 30.9. The Bertz CT molecular complexity index is 619. The van der Waals surface area contributed by atoms with Crippen LogP contribution in [0.15, 0.2) is 24.3 Å². The van der Waals surface area contributed by atoms with E-state index in [1.165, 1.54) is 69.8 Å². The fourth-order valence-electron chi connectivity index (χ4n) is 5.85. The molecule has 0 unspecified atom stereocenters. The van der Waals surface area contributed by atoms with Crippen molar-refractivity contribution in [1.29, 1.82) is 0 Å². The van der Waals surface area contributed by atoms with E-state index in [-0.39, 0.29) is 70.1 Å². The van der Waals surface area contributed by atoms with Crippen LogP contribution >= 0.6 is 0 Å². The Morgan fingerprint density at radius 3 is 1.97 bits per heavy atom. The second-order valence-corrected chi connectivity index (χ2v) is 9.76. The van der Waals surface area contributed by atoms with E-state index in [1.54, 1.807) is 0 Å². The van der Waals surface area contributed by atoms with E-state index >= 15 is 0 Å². The van der Waals surface area contributed by atoms with Gasteiger partial charge in [0.2, 0.25) is 0 Å². The first-order chi connectivity index (χ1) is 13.7. The Kier molecular flexibility index (Phi) is 9.93. The van der Waals surface area contributed by atoms with Gasteiger partial charge in [0.15, 0.2) is 0 Å². The molecule has 3 heteroatoms. The predicted octanol–water partition coefficient (Wildman–Crippen LogP) is 4.09. The Labute approximate surface area is 226 Å². The van der Waals surface area contributed by atoms with Crippen molar-refractivity contribution in [3.8, 4) is 5.75 Å². The smallest absolute Gasteiger partial charge is 0.426 e. The molecule has 3 fully saturated rings. The van der Waals surface area contributed by atoms with Gasteiger partial charge in [0.1, 0.15) is 5.75 Å². The summed E-state index contributed by atoms with van der Waals surface area (Å²) in [5, 5.41) is 0. The zero-order valence-corrected chi connectivity index (χ0v) is 23.5.